The second-order valence-electron chi connectivity index (χ2n) is 3.68. The van der Waals surface area contributed by atoms with Crippen LogP contribution in [0.25, 0.3) is 0 Å². The van der Waals surface area contributed by atoms with Gasteiger partial charge in [-0.2, -0.15) is 0 Å². The lowest BCUT2D eigenvalue weighted by molar-refractivity contribution is -0.143. The summed E-state index contributed by atoms with van der Waals surface area (Å²) < 4.78 is 10.3. The van der Waals surface area contributed by atoms with Gasteiger partial charge >= 0.3 is 5.97 Å². The molecule has 4 nitrogen and oxygen atoms in total. The van der Waals surface area contributed by atoms with E-state index in [1.807, 2.05) is 6.07 Å². The normalized spacial score (nSPS) is 10.0. The predicted molar refractivity (Wildman–Crippen MR) is 65.0 cm³/mol. The summed E-state index contributed by atoms with van der Waals surface area (Å²) in [6.45, 7) is 4.97. The highest BCUT2D eigenvalue weighted by Gasteiger charge is 2.04. The minimum atomic E-state index is -0.174. The second-order valence-corrected chi connectivity index (χ2v) is 3.68. The highest BCUT2D eigenvalue weighted by molar-refractivity contribution is 5.69. The highest BCUT2D eigenvalue weighted by atomic mass is 16.5. The minimum Gasteiger partial charge on any atom is -0.492 e. The van der Waals surface area contributed by atoms with Crippen molar-refractivity contribution in [3.63, 3.8) is 0 Å². The standard InChI is InChI=1S/C13H19NO3/c1-3-7-17-12-8-11(9-14-10-12)5-6-13(15)16-4-2/h8-10H,3-7H2,1-2H3. The topological polar surface area (TPSA) is 48.4 Å². The van der Waals surface area contributed by atoms with Gasteiger partial charge in [-0.3, -0.25) is 9.78 Å². The molecule has 0 radical (unpaired) electrons. The Morgan fingerprint density at radius 2 is 2.18 bits per heavy atom. The smallest absolute Gasteiger partial charge is 0.306 e. The fourth-order valence-electron chi connectivity index (χ4n) is 1.38. The van der Waals surface area contributed by atoms with E-state index >= 15 is 0 Å². The first-order valence-corrected chi connectivity index (χ1v) is 5.98. The molecule has 94 valence electrons. The van der Waals surface area contributed by atoms with Gasteiger partial charge in [-0.05, 0) is 31.4 Å². The summed E-state index contributed by atoms with van der Waals surface area (Å²) in [5.74, 6) is 0.584. The van der Waals surface area contributed by atoms with Crippen LogP contribution in [0.4, 0.5) is 0 Å². The number of aryl methyl sites for hydroxylation is 1. The van der Waals surface area contributed by atoms with Crippen LogP contribution in [0.1, 0.15) is 32.3 Å². The number of aromatic nitrogens is 1. The van der Waals surface area contributed by atoms with Crippen molar-refractivity contribution in [2.24, 2.45) is 0 Å². The van der Waals surface area contributed by atoms with Crippen LogP contribution in [0.3, 0.4) is 0 Å². The van der Waals surface area contributed by atoms with Gasteiger partial charge in [0, 0.05) is 12.6 Å². The van der Waals surface area contributed by atoms with E-state index < -0.39 is 0 Å². The van der Waals surface area contributed by atoms with Crippen LogP contribution in [-0.2, 0) is 16.0 Å². The summed E-state index contributed by atoms with van der Waals surface area (Å²) in [4.78, 5) is 15.3. The van der Waals surface area contributed by atoms with Crippen molar-refractivity contribution in [2.75, 3.05) is 13.2 Å². The van der Waals surface area contributed by atoms with Gasteiger partial charge in [0.25, 0.3) is 0 Å². The van der Waals surface area contributed by atoms with Gasteiger partial charge in [-0.15, -0.1) is 0 Å². The average Bonchev–Trinajstić information content (AvgIpc) is 2.35. The van der Waals surface area contributed by atoms with Crippen LogP contribution >= 0.6 is 0 Å². The van der Waals surface area contributed by atoms with Crippen LogP contribution < -0.4 is 4.74 Å². The zero-order valence-electron chi connectivity index (χ0n) is 10.4. The van der Waals surface area contributed by atoms with E-state index in [9.17, 15) is 4.79 Å². The molecule has 1 rings (SSSR count). The number of hydrogen-bond donors (Lipinski definition) is 0. The molecule has 0 atom stereocenters. The minimum absolute atomic E-state index is 0.174. The highest BCUT2D eigenvalue weighted by Crippen LogP contribution is 2.13. The maximum Gasteiger partial charge on any atom is 0.306 e. The number of pyridine rings is 1. The molecule has 0 unspecified atom stereocenters. The van der Waals surface area contributed by atoms with E-state index in [4.69, 9.17) is 9.47 Å². The predicted octanol–water partition coefficient (Wildman–Crippen LogP) is 2.37. The third-order valence-corrected chi connectivity index (χ3v) is 2.17. The fourth-order valence-corrected chi connectivity index (χ4v) is 1.38. The van der Waals surface area contributed by atoms with Crippen LogP contribution in [0.5, 0.6) is 5.75 Å². The van der Waals surface area contributed by atoms with Crippen molar-refractivity contribution >= 4 is 5.97 Å². The van der Waals surface area contributed by atoms with Gasteiger partial charge < -0.3 is 9.47 Å². The molecule has 0 saturated heterocycles. The first-order valence-electron chi connectivity index (χ1n) is 5.98. The molecule has 0 spiro atoms. The zero-order chi connectivity index (χ0) is 12.5. The van der Waals surface area contributed by atoms with Crippen molar-refractivity contribution in [3.05, 3.63) is 24.0 Å². The lowest BCUT2D eigenvalue weighted by atomic mass is 10.1. The molecule has 0 aliphatic carbocycles. The van der Waals surface area contributed by atoms with Crippen molar-refractivity contribution in [2.45, 2.75) is 33.1 Å². The number of ether oxygens (including phenoxy) is 2. The number of rotatable bonds is 7. The number of nitrogens with zero attached hydrogens (tertiary/aromatic N) is 1. The van der Waals surface area contributed by atoms with Crippen LogP contribution in [0.15, 0.2) is 18.5 Å². The van der Waals surface area contributed by atoms with E-state index in [0.717, 1.165) is 17.7 Å². The quantitative estimate of drug-likeness (QED) is 0.683. The summed E-state index contributed by atoms with van der Waals surface area (Å²) >= 11 is 0. The maximum atomic E-state index is 11.2. The summed E-state index contributed by atoms with van der Waals surface area (Å²) in [5, 5.41) is 0. The molecular formula is C13H19NO3. The molecule has 0 fully saturated rings. The first kappa shape index (κ1) is 13.5. The largest absolute Gasteiger partial charge is 0.492 e. The molecule has 0 aromatic carbocycles. The third kappa shape index (κ3) is 5.33. The Kier molecular flexibility index (Phi) is 6.07. The molecule has 0 N–H and O–H groups in total. The van der Waals surface area contributed by atoms with Gasteiger partial charge in [0.15, 0.2) is 0 Å². The summed E-state index contributed by atoms with van der Waals surface area (Å²) in [7, 11) is 0. The summed E-state index contributed by atoms with van der Waals surface area (Å²) in [5.41, 5.74) is 0.992. The molecule has 0 aliphatic rings. The first-order chi connectivity index (χ1) is 8.26. The van der Waals surface area contributed by atoms with E-state index in [1.54, 1.807) is 19.3 Å². The van der Waals surface area contributed by atoms with E-state index in [2.05, 4.69) is 11.9 Å². The molecule has 0 saturated carbocycles. The Bertz CT molecular complexity index is 352. The molecule has 0 amide bonds. The summed E-state index contributed by atoms with van der Waals surface area (Å²) in [6.07, 6.45) is 5.41. The van der Waals surface area contributed by atoms with Crippen molar-refractivity contribution in [3.8, 4) is 5.75 Å². The van der Waals surface area contributed by atoms with Crippen molar-refractivity contribution in [1.29, 1.82) is 0 Å². The van der Waals surface area contributed by atoms with Crippen LogP contribution in [0.2, 0.25) is 0 Å². The fraction of sp³-hybridized carbons (Fsp3) is 0.538. The maximum absolute atomic E-state index is 11.2. The molecular weight excluding hydrogens is 218 g/mol. The van der Waals surface area contributed by atoms with Crippen LogP contribution in [-0.4, -0.2) is 24.2 Å². The van der Waals surface area contributed by atoms with E-state index in [0.29, 0.717) is 26.1 Å². The number of hydrogen-bond acceptors (Lipinski definition) is 4. The van der Waals surface area contributed by atoms with Crippen LogP contribution in [0, 0.1) is 0 Å². The van der Waals surface area contributed by atoms with Gasteiger partial charge in [0.2, 0.25) is 0 Å². The Hall–Kier alpha value is -1.58. The summed E-state index contributed by atoms with van der Waals surface area (Å²) in [6, 6.07) is 1.92. The average molecular weight is 237 g/mol. The van der Waals surface area contributed by atoms with Gasteiger partial charge in [0.05, 0.1) is 19.4 Å². The van der Waals surface area contributed by atoms with E-state index in [1.165, 1.54) is 0 Å². The van der Waals surface area contributed by atoms with E-state index in [-0.39, 0.29) is 5.97 Å². The Morgan fingerprint density at radius 1 is 1.35 bits per heavy atom. The molecule has 1 aromatic heterocycles. The Morgan fingerprint density at radius 3 is 2.88 bits per heavy atom. The third-order valence-electron chi connectivity index (χ3n) is 2.17. The Labute approximate surface area is 102 Å². The second kappa shape index (κ2) is 7.65. The van der Waals surface area contributed by atoms with Gasteiger partial charge in [-0.25, -0.2) is 0 Å². The number of carbonyl (C=O) groups is 1. The van der Waals surface area contributed by atoms with Crippen molar-refractivity contribution in [1.82, 2.24) is 4.98 Å². The lowest BCUT2D eigenvalue weighted by Crippen LogP contribution is -2.05. The molecule has 1 aromatic rings. The number of carbonyl (C=O) groups excluding carboxylic acids is 1. The Balaban J connectivity index is 2.45. The molecule has 17 heavy (non-hydrogen) atoms. The molecule has 0 bridgehead atoms. The monoisotopic (exact) mass is 237 g/mol. The lowest BCUT2D eigenvalue weighted by Gasteiger charge is -2.06. The number of esters is 1. The van der Waals surface area contributed by atoms with Gasteiger partial charge in [-0.1, -0.05) is 6.92 Å². The van der Waals surface area contributed by atoms with Crippen molar-refractivity contribution < 1.29 is 14.3 Å². The molecule has 1 heterocycles. The molecule has 4 heteroatoms. The van der Waals surface area contributed by atoms with Gasteiger partial charge in [0.1, 0.15) is 5.75 Å². The zero-order valence-corrected chi connectivity index (χ0v) is 10.4. The molecule has 0 aliphatic heterocycles. The SMILES string of the molecule is CCCOc1cncc(CCC(=O)OCC)c1.